The van der Waals surface area contributed by atoms with Gasteiger partial charge in [-0.2, -0.15) is 5.10 Å². The van der Waals surface area contributed by atoms with Crippen LogP contribution in [0.4, 0.5) is 10.1 Å². The van der Waals surface area contributed by atoms with E-state index >= 15 is 0 Å². The molecule has 0 aliphatic carbocycles. The summed E-state index contributed by atoms with van der Waals surface area (Å²) in [6.07, 6.45) is 1.44. The van der Waals surface area contributed by atoms with Crippen molar-refractivity contribution < 1.29 is 27.4 Å². The third kappa shape index (κ3) is 4.57. The summed E-state index contributed by atoms with van der Waals surface area (Å²) < 4.78 is 49.3. The van der Waals surface area contributed by atoms with E-state index in [1.165, 1.54) is 35.1 Å². The van der Waals surface area contributed by atoms with Crippen LogP contribution in [0.5, 0.6) is 5.75 Å². The number of aromatic nitrogens is 2. The van der Waals surface area contributed by atoms with Crippen molar-refractivity contribution in [2.45, 2.75) is 31.4 Å². The molecule has 12 heteroatoms. The summed E-state index contributed by atoms with van der Waals surface area (Å²) in [5.41, 5.74) is 0.934. The molecule has 1 N–H and O–H groups in total. The molecular weight excluding hydrogens is 508 g/mol. The zero-order chi connectivity index (χ0) is 24.6. The number of anilines is 1. The molecule has 1 atom stereocenters. The van der Waals surface area contributed by atoms with Gasteiger partial charge in [0.1, 0.15) is 23.1 Å². The number of ether oxygens (including phenoxy) is 1. The number of fused-ring (bicyclic) bond motifs is 1. The molecular formula is C22H20Cl2FN3O5S. The molecule has 0 bridgehead atoms. The summed E-state index contributed by atoms with van der Waals surface area (Å²) in [5, 5.41) is 13.6. The number of benzene rings is 2. The number of halogens is 3. The molecule has 0 saturated heterocycles. The van der Waals surface area contributed by atoms with Crippen LogP contribution in [0.1, 0.15) is 18.1 Å². The van der Waals surface area contributed by atoms with E-state index in [4.69, 9.17) is 27.9 Å². The predicted molar refractivity (Wildman–Crippen MR) is 124 cm³/mol. The summed E-state index contributed by atoms with van der Waals surface area (Å²) in [5.74, 6) is -2.33. The Bertz CT molecular complexity index is 1340. The molecule has 0 radical (unpaired) electrons. The Morgan fingerprint density at radius 1 is 1.29 bits per heavy atom. The van der Waals surface area contributed by atoms with Crippen LogP contribution >= 0.6 is 23.2 Å². The minimum absolute atomic E-state index is 0.137. The normalized spacial score (nSPS) is 15.8. The van der Waals surface area contributed by atoms with E-state index in [9.17, 15) is 22.7 Å². The largest absolute Gasteiger partial charge is 0.489 e. The van der Waals surface area contributed by atoms with Crippen LogP contribution in [0.15, 0.2) is 47.5 Å². The fraction of sp³-hybridized carbons (Fsp3) is 0.273. The molecule has 4 rings (SSSR count). The van der Waals surface area contributed by atoms with Crippen molar-refractivity contribution in [1.29, 1.82) is 0 Å². The minimum atomic E-state index is -4.24. The van der Waals surface area contributed by atoms with Crippen molar-refractivity contribution in [3.63, 3.8) is 0 Å². The average Bonchev–Trinajstić information content (AvgIpc) is 3.19. The van der Waals surface area contributed by atoms with Gasteiger partial charge in [0.2, 0.25) is 0 Å². The number of hydrogen-bond acceptors (Lipinski definition) is 5. The van der Waals surface area contributed by atoms with Gasteiger partial charge >= 0.3 is 5.97 Å². The minimum Gasteiger partial charge on any atom is -0.489 e. The Balaban J connectivity index is 1.72. The standard InChI is InChI=1S/C22H20Cl2FN3O5S/c1-2-27-11-20(21(24)26-27)34(31,32)28-10-14(22(29)30)8-13-6-7-15(9-19(13)28)33-12-16-17(23)4-3-5-18(16)25/h3-7,9,11,14H,2,8,10,12H2,1H3,(H,29,30). The van der Waals surface area contributed by atoms with Crippen LogP contribution in [0.2, 0.25) is 10.2 Å². The van der Waals surface area contributed by atoms with Crippen molar-refractivity contribution in [1.82, 2.24) is 9.78 Å². The van der Waals surface area contributed by atoms with Gasteiger partial charge < -0.3 is 9.84 Å². The molecule has 1 aliphatic heterocycles. The molecule has 1 aromatic heterocycles. The Morgan fingerprint density at radius 2 is 2.06 bits per heavy atom. The average molecular weight is 528 g/mol. The molecule has 0 amide bonds. The number of rotatable bonds is 7. The van der Waals surface area contributed by atoms with Crippen LogP contribution in [-0.4, -0.2) is 35.8 Å². The van der Waals surface area contributed by atoms with Gasteiger partial charge in [0, 0.05) is 30.9 Å². The Morgan fingerprint density at radius 3 is 2.71 bits per heavy atom. The number of carboxylic acids is 1. The maximum atomic E-state index is 14.1. The topological polar surface area (TPSA) is 102 Å². The highest BCUT2D eigenvalue weighted by atomic mass is 35.5. The zero-order valence-corrected chi connectivity index (χ0v) is 20.2. The lowest BCUT2D eigenvalue weighted by atomic mass is 9.94. The highest BCUT2D eigenvalue weighted by Gasteiger charge is 2.38. The molecule has 3 aromatic rings. The van der Waals surface area contributed by atoms with Gasteiger partial charge in [-0.15, -0.1) is 0 Å². The van der Waals surface area contributed by atoms with Crippen molar-refractivity contribution in [3.05, 3.63) is 69.7 Å². The van der Waals surface area contributed by atoms with E-state index in [-0.39, 0.29) is 51.6 Å². The van der Waals surface area contributed by atoms with Gasteiger partial charge in [0.25, 0.3) is 10.0 Å². The Hall–Kier alpha value is -2.82. The lowest BCUT2D eigenvalue weighted by Crippen LogP contribution is -2.42. The van der Waals surface area contributed by atoms with Crippen LogP contribution in [-0.2, 0) is 34.4 Å². The molecule has 1 aliphatic rings. The quantitative estimate of drug-likeness (QED) is 0.489. The number of nitrogens with zero attached hydrogens (tertiary/aromatic N) is 3. The van der Waals surface area contributed by atoms with Gasteiger partial charge in [-0.1, -0.05) is 35.3 Å². The third-order valence-electron chi connectivity index (χ3n) is 5.55. The highest BCUT2D eigenvalue weighted by Crippen LogP contribution is 2.38. The van der Waals surface area contributed by atoms with Crippen LogP contribution < -0.4 is 9.04 Å². The third-order valence-corrected chi connectivity index (χ3v) is 8.08. The van der Waals surface area contributed by atoms with Crippen molar-refractivity contribution in [2.24, 2.45) is 5.92 Å². The van der Waals surface area contributed by atoms with Crippen molar-refractivity contribution in [2.75, 3.05) is 10.8 Å². The van der Waals surface area contributed by atoms with E-state index in [2.05, 4.69) is 5.10 Å². The molecule has 180 valence electrons. The lowest BCUT2D eigenvalue weighted by Gasteiger charge is -2.33. The summed E-state index contributed by atoms with van der Waals surface area (Å²) in [4.78, 5) is 11.5. The van der Waals surface area contributed by atoms with Crippen LogP contribution in [0, 0.1) is 11.7 Å². The van der Waals surface area contributed by atoms with Crippen molar-refractivity contribution >= 4 is 44.9 Å². The molecule has 2 aromatic carbocycles. The molecule has 0 fully saturated rings. The van der Waals surface area contributed by atoms with Gasteiger partial charge in [-0.25, -0.2) is 12.8 Å². The molecule has 2 heterocycles. The first-order chi connectivity index (χ1) is 16.1. The second-order valence-electron chi connectivity index (χ2n) is 7.69. The first-order valence-corrected chi connectivity index (χ1v) is 12.5. The van der Waals surface area contributed by atoms with Crippen molar-refractivity contribution in [3.8, 4) is 5.75 Å². The number of aryl methyl sites for hydroxylation is 1. The SMILES string of the molecule is CCn1cc(S(=O)(=O)N2CC(C(=O)O)Cc3ccc(OCc4c(F)cccc4Cl)cc32)c(Cl)n1. The summed E-state index contributed by atoms with van der Waals surface area (Å²) in [6, 6.07) is 8.94. The number of hydrogen-bond donors (Lipinski definition) is 1. The van der Waals surface area contributed by atoms with E-state index in [1.54, 1.807) is 19.1 Å². The molecule has 34 heavy (non-hydrogen) atoms. The first-order valence-electron chi connectivity index (χ1n) is 10.3. The van der Waals surface area contributed by atoms with Crippen LogP contribution in [0.25, 0.3) is 0 Å². The monoisotopic (exact) mass is 527 g/mol. The summed E-state index contributed by atoms with van der Waals surface area (Å²) in [7, 11) is -4.24. The maximum Gasteiger partial charge on any atom is 0.308 e. The molecule has 0 spiro atoms. The fourth-order valence-electron chi connectivity index (χ4n) is 3.72. The Labute approximate surface area is 205 Å². The number of carboxylic acid groups (broad SMARTS) is 1. The second-order valence-corrected chi connectivity index (χ2v) is 10.3. The van der Waals surface area contributed by atoms with Gasteiger partial charge in [0.05, 0.1) is 16.6 Å². The fourth-order valence-corrected chi connectivity index (χ4v) is 5.93. The van der Waals surface area contributed by atoms with Gasteiger partial charge in [-0.3, -0.25) is 13.8 Å². The van der Waals surface area contributed by atoms with E-state index in [0.717, 1.165) is 4.31 Å². The number of sulfonamides is 1. The Kier molecular flexibility index (Phi) is 6.75. The number of carbonyl (C=O) groups is 1. The lowest BCUT2D eigenvalue weighted by molar-refractivity contribution is -0.141. The maximum absolute atomic E-state index is 14.1. The van der Waals surface area contributed by atoms with E-state index in [1.807, 2.05) is 0 Å². The number of aliphatic carboxylic acids is 1. The highest BCUT2D eigenvalue weighted by molar-refractivity contribution is 7.93. The molecule has 0 saturated carbocycles. The summed E-state index contributed by atoms with van der Waals surface area (Å²) in [6.45, 7) is 1.72. The van der Waals surface area contributed by atoms with E-state index in [0.29, 0.717) is 12.1 Å². The predicted octanol–water partition coefficient (Wildman–Crippen LogP) is 4.38. The van der Waals surface area contributed by atoms with E-state index < -0.39 is 27.7 Å². The molecule has 1 unspecified atom stereocenters. The first kappa shape index (κ1) is 24.3. The summed E-state index contributed by atoms with van der Waals surface area (Å²) >= 11 is 12.2. The molecule has 8 nitrogen and oxygen atoms in total. The zero-order valence-electron chi connectivity index (χ0n) is 17.9. The van der Waals surface area contributed by atoms with Gasteiger partial charge in [0.15, 0.2) is 5.15 Å². The second kappa shape index (κ2) is 9.44. The smallest absolute Gasteiger partial charge is 0.308 e. The van der Waals surface area contributed by atoms with Gasteiger partial charge in [-0.05, 0) is 37.1 Å². The van der Waals surface area contributed by atoms with Crippen LogP contribution in [0.3, 0.4) is 0 Å².